The summed E-state index contributed by atoms with van der Waals surface area (Å²) < 4.78 is 32.1. The summed E-state index contributed by atoms with van der Waals surface area (Å²) in [6, 6.07) is 4.45. The summed E-state index contributed by atoms with van der Waals surface area (Å²) in [5.74, 6) is 0.289. The third kappa shape index (κ3) is 6.20. The van der Waals surface area contributed by atoms with E-state index in [2.05, 4.69) is 0 Å². The molecule has 17 heavy (non-hydrogen) atoms. The second kappa shape index (κ2) is 9.33. The number of halogens is 1. The largest absolute Gasteiger partial charge is 1.00 e. The van der Waals surface area contributed by atoms with Gasteiger partial charge in [0.2, 0.25) is 0 Å². The molecule has 0 aliphatic carbocycles. The minimum absolute atomic E-state index is 0. The van der Waals surface area contributed by atoms with Crippen LogP contribution in [-0.4, -0.2) is 28.6 Å². The van der Waals surface area contributed by atoms with Gasteiger partial charge in [-0.15, -0.1) is 0 Å². The summed E-state index contributed by atoms with van der Waals surface area (Å²) in [5, 5.41) is 0.358. The van der Waals surface area contributed by atoms with Crippen LogP contribution in [0.1, 0.15) is 6.92 Å². The molecule has 0 spiro atoms. The Kier molecular flexibility index (Phi) is 9.54. The van der Waals surface area contributed by atoms with E-state index in [1.807, 2.05) is 6.92 Å². The van der Waals surface area contributed by atoms with Crippen LogP contribution in [0, 0.1) is 0 Å². The maximum Gasteiger partial charge on any atom is 1.00 e. The van der Waals surface area contributed by atoms with Gasteiger partial charge in [-0.25, -0.2) is 0 Å². The van der Waals surface area contributed by atoms with Crippen molar-refractivity contribution in [1.29, 1.82) is 0 Å². The van der Waals surface area contributed by atoms with Crippen LogP contribution in [-0.2, 0) is 15.8 Å². The first-order valence-corrected chi connectivity index (χ1v) is 6.19. The summed E-state index contributed by atoms with van der Waals surface area (Å²) in [6.07, 6.45) is 0. The summed E-state index contributed by atoms with van der Waals surface area (Å²) in [7, 11) is 0. The van der Waals surface area contributed by atoms with Crippen molar-refractivity contribution in [2.75, 3.05) is 19.8 Å². The van der Waals surface area contributed by atoms with Crippen LogP contribution in [0.3, 0.4) is 0 Å². The average Bonchev–Trinajstić information content (AvgIpc) is 2.26. The molecule has 1 rings (SSSR count). The minimum atomic E-state index is -2.36. The quantitative estimate of drug-likeness (QED) is 0.382. The Bertz CT molecular complexity index is 375. The Balaban J connectivity index is 0.00000256. The first-order valence-electron chi connectivity index (χ1n) is 4.74. The molecule has 0 aromatic heterocycles. The average molecular weight is 287 g/mol. The standard InChI is InChI=1S/C10H13ClO4S.Na/c1-2-14-5-6-15-9-4-3-8(11)7-10(9)16(12)13;/h3-4,7H,2,5-6H2,1H3,(H,12,13);/q;+1/p-1. The predicted molar refractivity (Wildman–Crippen MR) is 60.6 cm³/mol. The van der Waals surface area contributed by atoms with Gasteiger partial charge in [-0.1, -0.05) is 11.6 Å². The van der Waals surface area contributed by atoms with Gasteiger partial charge in [0.25, 0.3) is 0 Å². The van der Waals surface area contributed by atoms with Gasteiger partial charge in [-0.2, -0.15) is 0 Å². The molecule has 0 bridgehead atoms. The Morgan fingerprint density at radius 2 is 2.12 bits per heavy atom. The van der Waals surface area contributed by atoms with E-state index < -0.39 is 11.1 Å². The van der Waals surface area contributed by atoms with E-state index in [0.29, 0.717) is 24.8 Å². The van der Waals surface area contributed by atoms with Gasteiger partial charge >= 0.3 is 29.6 Å². The molecular formula is C10H12ClNaO4S. The van der Waals surface area contributed by atoms with Gasteiger partial charge in [0, 0.05) is 11.6 Å². The molecule has 0 amide bonds. The van der Waals surface area contributed by atoms with Crippen molar-refractivity contribution in [3.8, 4) is 5.75 Å². The Morgan fingerprint density at radius 3 is 2.71 bits per heavy atom. The molecule has 0 radical (unpaired) electrons. The first kappa shape index (κ1) is 17.4. The Labute approximate surface area is 130 Å². The number of hydrogen-bond acceptors (Lipinski definition) is 4. The SMILES string of the molecule is CCOCCOc1ccc(Cl)cc1S(=O)[O-].[Na+]. The Hall–Kier alpha value is 0.380. The van der Waals surface area contributed by atoms with Gasteiger partial charge < -0.3 is 14.0 Å². The molecule has 90 valence electrons. The van der Waals surface area contributed by atoms with Crippen LogP contribution in [0.25, 0.3) is 0 Å². The third-order valence-corrected chi connectivity index (χ3v) is 2.69. The van der Waals surface area contributed by atoms with E-state index in [1.54, 1.807) is 6.07 Å². The topological polar surface area (TPSA) is 58.6 Å². The maximum absolute atomic E-state index is 10.9. The zero-order chi connectivity index (χ0) is 12.0. The first-order chi connectivity index (χ1) is 7.65. The molecule has 0 aliphatic heterocycles. The van der Waals surface area contributed by atoms with Crippen molar-refractivity contribution in [2.24, 2.45) is 0 Å². The molecule has 0 fully saturated rings. The number of rotatable bonds is 6. The van der Waals surface area contributed by atoms with Gasteiger partial charge in [0.1, 0.15) is 12.4 Å². The van der Waals surface area contributed by atoms with Crippen molar-refractivity contribution < 1.29 is 47.8 Å². The number of ether oxygens (including phenoxy) is 2. The zero-order valence-electron chi connectivity index (χ0n) is 9.77. The van der Waals surface area contributed by atoms with Gasteiger partial charge in [-0.3, -0.25) is 4.21 Å². The van der Waals surface area contributed by atoms with Gasteiger partial charge in [0.15, 0.2) is 0 Å². The van der Waals surface area contributed by atoms with E-state index in [9.17, 15) is 8.76 Å². The number of benzene rings is 1. The Morgan fingerprint density at radius 1 is 1.41 bits per heavy atom. The fourth-order valence-electron chi connectivity index (χ4n) is 1.09. The van der Waals surface area contributed by atoms with Crippen LogP contribution in [0.4, 0.5) is 0 Å². The third-order valence-electron chi connectivity index (χ3n) is 1.77. The van der Waals surface area contributed by atoms with Crippen molar-refractivity contribution in [3.63, 3.8) is 0 Å². The summed E-state index contributed by atoms with van der Waals surface area (Å²) >= 11 is 3.33. The van der Waals surface area contributed by atoms with Crippen molar-refractivity contribution >= 4 is 22.7 Å². The van der Waals surface area contributed by atoms with E-state index in [4.69, 9.17) is 21.1 Å². The van der Waals surface area contributed by atoms with Crippen molar-refractivity contribution in [1.82, 2.24) is 0 Å². The van der Waals surface area contributed by atoms with Crippen LogP contribution < -0.4 is 34.3 Å². The molecule has 1 unspecified atom stereocenters. The molecule has 1 atom stereocenters. The smallest absolute Gasteiger partial charge is 0.768 e. The summed E-state index contributed by atoms with van der Waals surface area (Å²) in [5.41, 5.74) is 0. The predicted octanol–water partition coefficient (Wildman–Crippen LogP) is -1.00. The van der Waals surface area contributed by atoms with Crippen molar-refractivity contribution in [3.05, 3.63) is 23.2 Å². The van der Waals surface area contributed by atoms with Gasteiger partial charge in [0.05, 0.1) is 11.5 Å². The molecule has 0 N–H and O–H groups in total. The molecular weight excluding hydrogens is 275 g/mol. The van der Waals surface area contributed by atoms with E-state index >= 15 is 0 Å². The summed E-state index contributed by atoms with van der Waals surface area (Å²) in [6.45, 7) is 3.20. The molecule has 0 aliphatic rings. The number of hydrogen-bond donors (Lipinski definition) is 0. The molecule has 0 heterocycles. The zero-order valence-corrected chi connectivity index (χ0v) is 13.3. The minimum Gasteiger partial charge on any atom is -0.768 e. The fraction of sp³-hybridized carbons (Fsp3) is 0.400. The van der Waals surface area contributed by atoms with Crippen LogP contribution in [0.2, 0.25) is 5.02 Å². The molecule has 1 aromatic rings. The van der Waals surface area contributed by atoms with E-state index in [-0.39, 0.29) is 40.2 Å². The van der Waals surface area contributed by atoms with Crippen molar-refractivity contribution in [2.45, 2.75) is 11.8 Å². The second-order valence-corrected chi connectivity index (χ2v) is 4.22. The van der Waals surface area contributed by atoms with E-state index in [1.165, 1.54) is 12.1 Å². The molecule has 4 nitrogen and oxygen atoms in total. The van der Waals surface area contributed by atoms with Gasteiger partial charge in [-0.05, 0) is 36.2 Å². The molecule has 7 heteroatoms. The normalized spacial score (nSPS) is 11.7. The second-order valence-electron chi connectivity index (χ2n) is 2.87. The monoisotopic (exact) mass is 286 g/mol. The van der Waals surface area contributed by atoms with E-state index in [0.717, 1.165) is 0 Å². The van der Waals surface area contributed by atoms with Crippen LogP contribution >= 0.6 is 11.6 Å². The van der Waals surface area contributed by atoms with Crippen LogP contribution in [0.5, 0.6) is 5.75 Å². The molecule has 0 saturated carbocycles. The molecule has 1 aromatic carbocycles. The van der Waals surface area contributed by atoms with Crippen LogP contribution in [0.15, 0.2) is 23.1 Å². The maximum atomic E-state index is 10.9. The fourth-order valence-corrected chi connectivity index (χ4v) is 1.84. The summed E-state index contributed by atoms with van der Waals surface area (Å²) in [4.78, 5) is 0.0593. The molecule has 0 saturated heterocycles.